The summed E-state index contributed by atoms with van der Waals surface area (Å²) in [5.41, 5.74) is 11.1. The van der Waals surface area contributed by atoms with Crippen LogP contribution >= 0.6 is 0 Å². The molecule has 7 heteroatoms. The van der Waals surface area contributed by atoms with Crippen molar-refractivity contribution in [2.75, 3.05) is 5.32 Å². The van der Waals surface area contributed by atoms with E-state index in [2.05, 4.69) is 15.4 Å². The Kier molecular flexibility index (Phi) is 4.48. The minimum atomic E-state index is -0.473. The molecule has 7 nitrogen and oxygen atoms in total. The van der Waals surface area contributed by atoms with Crippen molar-refractivity contribution in [2.24, 2.45) is 5.73 Å². The maximum absolute atomic E-state index is 11.4. The van der Waals surface area contributed by atoms with Crippen LogP contribution in [-0.2, 0) is 0 Å². The van der Waals surface area contributed by atoms with E-state index in [0.717, 1.165) is 39.3 Å². The molecule has 0 atom stereocenters. The summed E-state index contributed by atoms with van der Waals surface area (Å²) in [5, 5.41) is 8.94. The Morgan fingerprint density at radius 3 is 2.84 bits per heavy atom. The van der Waals surface area contributed by atoms with Gasteiger partial charge in [0.25, 0.3) is 0 Å². The number of hydrogen-bond donors (Lipinski definition) is 2. The molecule has 1 amide bonds. The van der Waals surface area contributed by atoms with Gasteiger partial charge in [-0.3, -0.25) is 4.79 Å². The first kappa shape index (κ1) is 18.6. The molecule has 3 aromatic heterocycles. The Hall–Kier alpha value is -4.39. The first-order valence-corrected chi connectivity index (χ1v) is 9.74. The minimum absolute atomic E-state index is 0.435. The van der Waals surface area contributed by atoms with Gasteiger partial charge < -0.3 is 15.5 Å². The summed E-state index contributed by atoms with van der Waals surface area (Å²) in [7, 11) is 0. The van der Waals surface area contributed by atoms with Gasteiger partial charge >= 0.3 is 0 Å². The normalized spacial score (nSPS) is 11.0. The molecular formula is C24H19N5O2. The topological polar surface area (TPSA) is 99.0 Å². The highest BCUT2D eigenvalue weighted by Gasteiger charge is 2.12. The SMILES string of the molecule is Cc1cc(-c2ccnc(Nc3cccc(C(N)=O)c3)c2)n(-c2ccc3occc3c2)n1. The van der Waals surface area contributed by atoms with Crippen molar-refractivity contribution in [3.05, 3.63) is 90.4 Å². The summed E-state index contributed by atoms with van der Waals surface area (Å²) in [5.74, 6) is 0.175. The summed E-state index contributed by atoms with van der Waals surface area (Å²) >= 11 is 0. The highest BCUT2D eigenvalue weighted by Crippen LogP contribution is 2.28. The molecule has 0 aliphatic heterocycles. The number of nitrogens with zero attached hydrogens (tertiary/aromatic N) is 3. The zero-order valence-corrected chi connectivity index (χ0v) is 16.7. The van der Waals surface area contributed by atoms with Gasteiger partial charge in [-0.2, -0.15) is 5.10 Å². The number of hydrogen-bond acceptors (Lipinski definition) is 5. The standard InChI is InChI=1S/C24H19N5O2/c1-15-11-21(29(28-15)20-5-6-22-17(13-20)8-10-31-22)16-7-9-26-23(14-16)27-19-4-2-3-18(12-19)24(25)30/h2-14H,1H3,(H2,25,30)(H,26,27). The fourth-order valence-electron chi connectivity index (χ4n) is 3.54. The Bertz CT molecular complexity index is 1420. The van der Waals surface area contributed by atoms with Gasteiger partial charge in [0.15, 0.2) is 0 Å². The smallest absolute Gasteiger partial charge is 0.248 e. The quantitative estimate of drug-likeness (QED) is 0.433. The van der Waals surface area contributed by atoms with Gasteiger partial charge in [0.05, 0.1) is 23.3 Å². The fraction of sp³-hybridized carbons (Fsp3) is 0.0417. The number of pyridine rings is 1. The van der Waals surface area contributed by atoms with E-state index in [9.17, 15) is 4.79 Å². The number of anilines is 2. The minimum Gasteiger partial charge on any atom is -0.464 e. The average molecular weight is 409 g/mol. The van der Waals surface area contributed by atoms with Crippen molar-refractivity contribution in [3.8, 4) is 16.9 Å². The number of furan rings is 1. The Balaban J connectivity index is 1.52. The van der Waals surface area contributed by atoms with Crippen LogP contribution in [0, 0.1) is 6.92 Å². The predicted molar refractivity (Wildman–Crippen MR) is 120 cm³/mol. The third kappa shape index (κ3) is 3.64. The Morgan fingerprint density at radius 2 is 1.97 bits per heavy atom. The van der Waals surface area contributed by atoms with E-state index in [4.69, 9.17) is 10.2 Å². The Labute approximate surface area is 178 Å². The molecule has 0 saturated carbocycles. The van der Waals surface area contributed by atoms with Crippen molar-refractivity contribution >= 4 is 28.4 Å². The summed E-state index contributed by atoms with van der Waals surface area (Å²) in [4.78, 5) is 15.9. The molecular weight excluding hydrogens is 390 g/mol. The van der Waals surface area contributed by atoms with E-state index in [1.54, 1.807) is 30.7 Å². The third-order valence-corrected chi connectivity index (χ3v) is 4.99. The molecule has 0 aliphatic carbocycles. The van der Waals surface area contributed by atoms with Crippen LogP contribution in [0.1, 0.15) is 16.1 Å². The lowest BCUT2D eigenvalue weighted by Gasteiger charge is -2.10. The lowest BCUT2D eigenvalue weighted by molar-refractivity contribution is 0.100. The maximum atomic E-state index is 11.4. The number of aryl methyl sites for hydroxylation is 1. The zero-order valence-electron chi connectivity index (χ0n) is 16.7. The number of carbonyl (C=O) groups excluding carboxylic acids is 1. The van der Waals surface area contributed by atoms with Crippen molar-refractivity contribution in [1.29, 1.82) is 0 Å². The van der Waals surface area contributed by atoms with Gasteiger partial charge in [0, 0.05) is 28.4 Å². The number of benzene rings is 2. The van der Waals surface area contributed by atoms with Crippen LogP contribution in [0.15, 0.2) is 83.6 Å². The van der Waals surface area contributed by atoms with Crippen LogP contribution in [-0.4, -0.2) is 20.7 Å². The van der Waals surface area contributed by atoms with Gasteiger partial charge in [-0.05, 0) is 67.6 Å². The van der Waals surface area contributed by atoms with E-state index in [0.29, 0.717) is 11.4 Å². The van der Waals surface area contributed by atoms with Crippen LogP contribution in [0.5, 0.6) is 0 Å². The zero-order chi connectivity index (χ0) is 21.4. The van der Waals surface area contributed by atoms with Gasteiger partial charge in [-0.1, -0.05) is 6.07 Å². The van der Waals surface area contributed by atoms with Gasteiger partial charge in [-0.15, -0.1) is 0 Å². The molecule has 2 aromatic carbocycles. The first-order valence-electron chi connectivity index (χ1n) is 9.74. The molecule has 0 aliphatic rings. The summed E-state index contributed by atoms with van der Waals surface area (Å²) in [6, 6.07) is 20.8. The molecule has 0 bridgehead atoms. The van der Waals surface area contributed by atoms with Crippen LogP contribution in [0.25, 0.3) is 27.9 Å². The molecule has 0 radical (unpaired) electrons. The maximum Gasteiger partial charge on any atom is 0.248 e. The lowest BCUT2D eigenvalue weighted by atomic mass is 10.1. The molecule has 0 unspecified atom stereocenters. The summed E-state index contributed by atoms with van der Waals surface area (Å²) in [6.45, 7) is 1.96. The molecule has 0 fully saturated rings. The number of aromatic nitrogens is 3. The van der Waals surface area contributed by atoms with Crippen molar-refractivity contribution in [3.63, 3.8) is 0 Å². The number of carbonyl (C=O) groups is 1. The monoisotopic (exact) mass is 409 g/mol. The van der Waals surface area contributed by atoms with Gasteiger partial charge in [0.1, 0.15) is 11.4 Å². The van der Waals surface area contributed by atoms with E-state index < -0.39 is 5.91 Å². The number of nitrogens with two attached hydrogens (primary N) is 1. The number of fused-ring (bicyclic) bond motifs is 1. The second-order valence-corrected chi connectivity index (χ2v) is 7.23. The molecule has 5 aromatic rings. The van der Waals surface area contributed by atoms with E-state index in [1.807, 2.05) is 60.1 Å². The van der Waals surface area contributed by atoms with Gasteiger partial charge in [0.2, 0.25) is 5.91 Å². The number of nitrogens with one attached hydrogen (secondary N) is 1. The molecule has 0 saturated heterocycles. The fourth-order valence-corrected chi connectivity index (χ4v) is 3.54. The number of rotatable bonds is 5. The van der Waals surface area contributed by atoms with E-state index in [-0.39, 0.29) is 0 Å². The molecule has 152 valence electrons. The predicted octanol–water partition coefficient (Wildman–Crippen LogP) is 4.83. The second kappa shape index (κ2) is 7.46. The van der Waals surface area contributed by atoms with Crippen LogP contribution in [0.3, 0.4) is 0 Å². The third-order valence-electron chi connectivity index (χ3n) is 4.99. The summed E-state index contributed by atoms with van der Waals surface area (Å²) < 4.78 is 7.36. The van der Waals surface area contributed by atoms with E-state index in [1.165, 1.54) is 0 Å². The van der Waals surface area contributed by atoms with E-state index >= 15 is 0 Å². The Morgan fingerprint density at radius 1 is 1.06 bits per heavy atom. The van der Waals surface area contributed by atoms with Gasteiger partial charge in [-0.25, -0.2) is 9.67 Å². The van der Waals surface area contributed by atoms with Crippen molar-refractivity contribution in [2.45, 2.75) is 6.92 Å². The highest BCUT2D eigenvalue weighted by molar-refractivity contribution is 5.93. The van der Waals surface area contributed by atoms with Crippen LogP contribution < -0.4 is 11.1 Å². The number of primary amides is 1. The highest BCUT2D eigenvalue weighted by atomic mass is 16.3. The largest absolute Gasteiger partial charge is 0.464 e. The molecule has 0 spiro atoms. The van der Waals surface area contributed by atoms with Crippen molar-refractivity contribution in [1.82, 2.24) is 14.8 Å². The molecule has 5 rings (SSSR count). The lowest BCUT2D eigenvalue weighted by Crippen LogP contribution is -2.10. The molecule has 31 heavy (non-hydrogen) atoms. The second-order valence-electron chi connectivity index (χ2n) is 7.23. The van der Waals surface area contributed by atoms with Crippen molar-refractivity contribution < 1.29 is 9.21 Å². The molecule has 3 heterocycles. The molecule has 3 N–H and O–H groups in total. The average Bonchev–Trinajstić information content (AvgIpc) is 3.40. The summed E-state index contributed by atoms with van der Waals surface area (Å²) in [6.07, 6.45) is 3.42. The van der Waals surface area contributed by atoms with Crippen LogP contribution in [0.4, 0.5) is 11.5 Å². The number of amides is 1. The first-order chi connectivity index (χ1) is 15.1. The van der Waals surface area contributed by atoms with Crippen LogP contribution in [0.2, 0.25) is 0 Å².